The first-order valence-corrected chi connectivity index (χ1v) is 11.9. The topological polar surface area (TPSA) is 127 Å². The molecule has 0 saturated heterocycles. The Morgan fingerprint density at radius 3 is 2.32 bits per heavy atom. The lowest BCUT2D eigenvalue weighted by Gasteiger charge is -2.26. The van der Waals surface area contributed by atoms with Crippen molar-refractivity contribution in [3.05, 3.63) is 65.0 Å². The van der Waals surface area contributed by atoms with E-state index >= 15 is 0 Å². The van der Waals surface area contributed by atoms with Crippen LogP contribution in [0.4, 0.5) is 10.6 Å². The predicted octanol–water partition coefficient (Wildman–Crippen LogP) is 6.32. The van der Waals surface area contributed by atoms with Gasteiger partial charge in [-0.3, -0.25) is 4.98 Å². The highest BCUT2D eigenvalue weighted by molar-refractivity contribution is 9.10. The van der Waals surface area contributed by atoms with Crippen molar-refractivity contribution in [1.29, 1.82) is 0 Å². The number of benzene rings is 1. The van der Waals surface area contributed by atoms with Crippen LogP contribution in [0.5, 0.6) is 0 Å². The monoisotopic (exact) mass is 523 g/mol. The molecule has 0 unspecified atom stereocenters. The third-order valence-corrected chi connectivity index (χ3v) is 7.01. The fourth-order valence-electron chi connectivity index (χ4n) is 4.35. The molecule has 0 atom stereocenters. The number of carbonyl (C=O) groups is 1. The van der Waals surface area contributed by atoms with E-state index in [-0.39, 0.29) is 0 Å². The number of carboxylic acid groups (broad SMARTS) is 2. The number of pyridine rings is 1. The molecule has 3 heterocycles. The summed E-state index contributed by atoms with van der Waals surface area (Å²) in [6.07, 6.45) is 6.67. The summed E-state index contributed by atoms with van der Waals surface area (Å²) in [6.45, 7) is 2.33. The molecule has 4 N–H and O–H groups in total. The lowest BCUT2D eigenvalue weighted by molar-refractivity contribution is 0.137. The lowest BCUT2D eigenvalue weighted by Crippen LogP contribution is -2.15. The molecule has 34 heavy (non-hydrogen) atoms. The summed E-state index contributed by atoms with van der Waals surface area (Å²) in [4.78, 5) is 18.3. The van der Waals surface area contributed by atoms with E-state index in [0.717, 1.165) is 57.0 Å². The minimum Gasteiger partial charge on any atom is -0.450 e. The molecular weight excluding hydrogens is 498 g/mol. The molecule has 1 saturated carbocycles. The van der Waals surface area contributed by atoms with Gasteiger partial charge in [-0.2, -0.15) is 9.61 Å². The van der Waals surface area contributed by atoms with Crippen LogP contribution in [0, 0.1) is 5.92 Å². The van der Waals surface area contributed by atoms with Crippen molar-refractivity contribution < 1.29 is 15.0 Å². The van der Waals surface area contributed by atoms with Crippen molar-refractivity contribution in [3.8, 4) is 22.4 Å². The third-order valence-electron chi connectivity index (χ3n) is 6.19. The summed E-state index contributed by atoms with van der Waals surface area (Å²) in [5, 5.41) is 18.5. The van der Waals surface area contributed by atoms with Crippen LogP contribution in [0.25, 0.3) is 28.0 Å². The number of nitrogen functional groups attached to an aromatic ring is 1. The summed E-state index contributed by atoms with van der Waals surface area (Å²) < 4.78 is 2.60. The summed E-state index contributed by atoms with van der Waals surface area (Å²) in [5.41, 5.74) is 12.3. The molecule has 9 heteroatoms. The van der Waals surface area contributed by atoms with E-state index in [1.165, 1.54) is 12.8 Å². The molecule has 8 nitrogen and oxygen atoms in total. The van der Waals surface area contributed by atoms with Crippen molar-refractivity contribution >= 4 is 33.6 Å². The quantitative estimate of drug-likeness (QED) is 0.286. The van der Waals surface area contributed by atoms with Gasteiger partial charge in [-0.15, -0.1) is 0 Å². The Bertz CT molecular complexity index is 1280. The second-order valence-electron chi connectivity index (χ2n) is 8.53. The number of hydrogen-bond acceptors (Lipinski definition) is 5. The highest BCUT2D eigenvalue weighted by atomic mass is 79.9. The molecule has 1 aliphatic rings. The first-order valence-electron chi connectivity index (χ1n) is 11.1. The van der Waals surface area contributed by atoms with E-state index in [1.54, 1.807) is 4.52 Å². The van der Waals surface area contributed by atoms with Gasteiger partial charge in [0.05, 0.1) is 22.1 Å². The minimum atomic E-state index is -1.83. The number of rotatable bonds is 3. The molecule has 0 radical (unpaired) electrons. The highest BCUT2D eigenvalue weighted by Gasteiger charge is 2.26. The summed E-state index contributed by atoms with van der Waals surface area (Å²) in [5.74, 6) is 1.83. The second-order valence-corrected chi connectivity index (χ2v) is 9.32. The number of aromatic nitrogens is 4. The Balaban J connectivity index is 0.000000636. The maximum Gasteiger partial charge on any atom is 0.503 e. The van der Waals surface area contributed by atoms with Gasteiger partial charge < -0.3 is 15.9 Å². The third kappa shape index (κ3) is 5.04. The van der Waals surface area contributed by atoms with E-state index < -0.39 is 6.16 Å². The van der Waals surface area contributed by atoms with Gasteiger partial charge >= 0.3 is 6.16 Å². The van der Waals surface area contributed by atoms with E-state index in [0.29, 0.717) is 11.7 Å². The molecule has 1 aromatic carbocycles. The zero-order chi connectivity index (χ0) is 24.2. The standard InChI is InChI=1S/C24H24BrN5.CH2O3/c1-15-7-9-17(10-8-15)22-21(25)23(26)30-24(29-22)19(14-28-30)18-11-12-20(27-13-18)16-5-3-2-4-6-16;2-1(3)4/h2-6,11-15,17H,7-10,26H2,1H3;(H2,2,3,4). The Labute approximate surface area is 205 Å². The largest absolute Gasteiger partial charge is 0.503 e. The van der Waals surface area contributed by atoms with Crippen molar-refractivity contribution in [3.63, 3.8) is 0 Å². The molecule has 0 aliphatic heterocycles. The van der Waals surface area contributed by atoms with Crippen LogP contribution in [0.1, 0.15) is 44.2 Å². The molecule has 4 aromatic rings. The first-order chi connectivity index (χ1) is 16.3. The maximum absolute atomic E-state index is 8.56. The average Bonchev–Trinajstić information content (AvgIpc) is 3.26. The molecule has 176 valence electrons. The molecule has 1 aliphatic carbocycles. The van der Waals surface area contributed by atoms with Crippen molar-refractivity contribution in [2.24, 2.45) is 5.92 Å². The predicted molar refractivity (Wildman–Crippen MR) is 135 cm³/mol. The summed E-state index contributed by atoms with van der Waals surface area (Å²) >= 11 is 3.69. The van der Waals surface area contributed by atoms with Gasteiger partial charge in [0.1, 0.15) is 5.82 Å². The SMILES string of the molecule is CC1CCC(c2nc3c(-c4ccc(-c5ccccc5)nc4)cnn3c(N)c2Br)CC1.O=C(O)O. The molecule has 0 amide bonds. The Morgan fingerprint density at radius 1 is 1.03 bits per heavy atom. The van der Waals surface area contributed by atoms with Crippen LogP contribution >= 0.6 is 15.9 Å². The molecule has 3 aromatic heterocycles. The molecule has 0 spiro atoms. The fraction of sp³-hybridized carbons (Fsp3) is 0.280. The van der Waals surface area contributed by atoms with Crippen LogP contribution < -0.4 is 5.73 Å². The summed E-state index contributed by atoms with van der Waals surface area (Å²) in [7, 11) is 0. The first kappa shape index (κ1) is 23.7. The van der Waals surface area contributed by atoms with Crippen molar-refractivity contribution in [2.45, 2.75) is 38.5 Å². The number of fused-ring (bicyclic) bond motifs is 1. The highest BCUT2D eigenvalue weighted by Crippen LogP contribution is 2.40. The molecule has 0 bridgehead atoms. The van der Waals surface area contributed by atoms with E-state index in [1.807, 2.05) is 36.7 Å². The normalized spacial score (nSPS) is 17.7. The van der Waals surface area contributed by atoms with Gasteiger partial charge in [0.2, 0.25) is 0 Å². The van der Waals surface area contributed by atoms with Crippen molar-refractivity contribution in [1.82, 2.24) is 19.6 Å². The molecule has 5 rings (SSSR count). The van der Waals surface area contributed by atoms with Gasteiger partial charge in [-0.25, -0.2) is 9.78 Å². The van der Waals surface area contributed by atoms with Crippen LogP contribution in [-0.2, 0) is 0 Å². The van der Waals surface area contributed by atoms with Crippen molar-refractivity contribution in [2.75, 3.05) is 5.73 Å². The average molecular weight is 524 g/mol. The van der Waals surface area contributed by atoms with Crippen LogP contribution in [0.2, 0.25) is 0 Å². The van der Waals surface area contributed by atoms with Gasteiger partial charge in [-0.1, -0.05) is 56.2 Å². The zero-order valence-corrected chi connectivity index (χ0v) is 20.3. The van der Waals surface area contributed by atoms with E-state index in [9.17, 15) is 0 Å². The van der Waals surface area contributed by atoms with Gasteiger partial charge in [0, 0.05) is 28.8 Å². The van der Waals surface area contributed by atoms with Crippen LogP contribution in [0.15, 0.2) is 59.3 Å². The smallest absolute Gasteiger partial charge is 0.450 e. The number of hydrogen-bond donors (Lipinski definition) is 3. The fourth-order valence-corrected chi connectivity index (χ4v) is 4.93. The van der Waals surface area contributed by atoms with Crippen LogP contribution in [0.3, 0.4) is 0 Å². The number of nitrogens with zero attached hydrogens (tertiary/aromatic N) is 4. The lowest BCUT2D eigenvalue weighted by atomic mass is 9.81. The molecule has 1 fully saturated rings. The second kappa shape index (κ2) is 10.2. The maximum atomic E-state index is 8.56. The summed E-state index contributed by atoms with van der Waals surface area (Å²) in [6, 6.07) is 14.3. The Hall–Kier alpha value is -3.46. The molecular formula is C25H26BrN5O3. The number of halogens is 1. The zero-order valence-electron chi connectivity index (χ0n) is 18.7. The van der Waals surface area contributed by atoms with E-state index in [2.05, 4.69) is 51.1 Å². The number of anilines is 1. The van der Waals surface area contributed by atoms with Gasteiger partial charge in [-0.05, 0) is 40.8 Å². The van der Waals surface area contributed by atoms with E-state index in [4.69, 9.17) is 25.7 Å². The Morgan fingerprint density at radius 2 is 1.71 bits per heavy atom. The number of nitrogens with two attached hydrogens (primary N) is 1. The van der Waals surface area contributed by atoms with Gasteiger partial charge in [0.25, 0.3) is 0 Å². The van der Waals surface area contributed by atoms with Gasteiger partial charge in [0.15, 0.2) is 5.65 Å². The minimum absolute atomic E-state index is 0.434. The Kier molecular flexibility index (Phi) is 7.12. The van der Waals surface area contributed by atoms with Crippen LogP contribution in [-0.4, -0.2) is 36.0 Å².